The molecule has 2 aromatic carbocycles. The summed E-state index contributed by atoms with van der Waals surface area (Å²) >= 11 is 0. The van der Waals surface area contributed by atoms with Crippen LogP contribution in [0.15, 0.2) is 42.5 Å². The summed E-state index contributed by atoms with van der Waals surface area (Å²) in [5.41, 5.74) is 4.70. The van der Waals surface area contributed by atoms with E-state index in [0.29, 0.717) is 6.42 Å². The zero-order valence-electron chi connectivity index (χ0n) is 19.6. The Morgan fingerprint density at radius 2 is 1.78 bits per heavy atom. The molecule has 0 bridgehead atoms. The van der Waals surface area contributed by atoms with Crippen molar-refractivity contribution in [2.24, 2.45) is 5.92 Å². The van der Waals surface area contributed by atoms with Crippen LogP contribution in [0.1, 0.15) is 56.6 Å². The second-order valence-corrected chi connectivity index (χ2v) is 8.78. The van der Waals surface area contributed by atoms with E-state index >= 15 is 0 Å². The number of carbonyl (C=O) groups excluding carboxylic acids is 2. The van der Waals surface area contributed by atoms with E-state index in [2.05, 4.69) is 41.5 Å². The number of rotatable bonds is 7. The van der Waals surface area contributed by atoms with Gasteiger partial charge in [-0.1, -0.05) is 37.6 Å². The molecule has 2 aromatic rings. The molecule has 2 amide bonds. The lowest BCUT2D eigenvalue weighted by Crippen LogP contribution is -2.33. The molecule has 0 aromatic heterocycles. The molecule has 0 aliphatic carbocycles. The van der Waals surface area contributed by atoms with Crippen molar-refractivity contribution >= 4 is 29.1 Å². The normalized spacial score (nSPS) is 15.2. The average Bonchev–Trinajstić information content (AvgIpc) is 2.79. The number of aryl methyl sites for hydroxylation is 1. The first-order valence-electron chi connectivity index (χ1n) is 11.5. The SMILES string of the molecule is CCC(CC(=O)OC)c1ccc(N2CCC(C)CC2)c(NC(=O)Nc2ccc(C)cc2)c1. The molecule has 1 atom stereocenters. The number of esters is 1. The van der Waals surface area contributed by atoms with Gasteiger partial charge in [0.05, 0.1) is 24.9 Å². The number of hydrogen-bond donors (Lipinski definition) is 2. The maximum Gasteiger partial charge on any atom is 0.323 e. The van der Waals surface area contributed by atoms with Gasteiger partial charge < -0.3 is 20.3 Å². The number of nitrogens with zero attached hydrogens (tertiary/aromatic N) is 1. The second kappa shape index (κ2) is 11.0. The molecule has 1 aliphatic heterocycles. The van der Waals surface area contributed by atoms with Gasteiger partial charge in [-0.2, -0.15) is 0 Å². The molecule has 0 saturated carbocycles. The number of urea groups is 1. The Morgan fingerprint density at radius 3 is 2.41 bits per heavy atom. The number of nitrogens with one attached hydrogen (secondary N) is 2. The number of ether oxygens (including phenoxy) is 1. The van der Waals surface area contributed by atoms with E-state index in [9.17, 15) is 9.59 Å². The van der Waals surface area contributed by atoms with Crippen molar-refractivity contribution in [1.29, 1.82) is 0 Å². The van der Waals surface area contributed by atoms with Crippen LogP contribution in [0.4, 0.5) is 21.9 Å². The smallest absolute Gasteiger partial charge is 0.323 e. The van der Waals surface area contributed by atoms with Gasteiger partial charge in [0, 0.05) is 18.8 Å². The first kappa shape index (κ1) is 23.6. The molecule has 6 heteroatoms. The van der Waals surface area contributed by atoms with Gasteiger partial charge in [0.1, 0.15) is 0 Å². The minimum absolute atomic E-state index is 0.0404. The van der Waals surface area contributed by atoms with Gasteiger partial charge in [-0.15, -0.1) is 0 Å². The molecule has 2 N–H and O–H groups in total. The first-order chi connectivity index (χ1) is 15.4. The van der Waals surface area contributed by atoms with E-state index < -0.39 is 0 Å². The van der Waals surface area contributed by atoms with E-state index in [1.54, 1.807) is 0 Å². The predicted octanol–water partition coefficient (Wildman–Crippen LogP) is 5.93. The molecular formula is C26H35N3O3. The molecule has 1 saturated heterocycles. The van der Waals surface area contributed by atoms with Crippen LogP contribution in [0.2, 0.25) is 0 Å². The highest BCUT2D eigenvalue weighted by Gasteiger charge is 2.22. The lowest BCUT2D eigenvalue weighted by molar-refractivity contribution is -0.141. The molecular weight excluding hydrogens is 402 g/mol. The van der Waals surface area contributed by atoms with Crippen LogP contribution in [0.25, 0.3) is 0 Å². The summed E-state index contributed by atoms with van der Waals surface area (Å²) in [7, 11) is 1.41. The van der Waals surface area contributed by atoms with E-state index in [1.165, 1.54) is 7.11 Å². The molecule has 1 unspecified atom stereocenters. The Bertz CT molecular complexity index is 918. The Hall–Kier alpha value is -3.02. The van der Waals surface area contributed by atoms with Crippen molar-refractivity contribution in [2.75, 3.05) is 35.7 Å². The highest BCUT2D eigenvalue weighted by Crippen LogP contribution is 2.34. The molecule has 1 aliphatic rings. The van der Waals surface area contributed by atoms with Gasteiger partial charge >= 0.3 is 12.0 Å². The zero-order valence-corrected chi connectivity index (χ0v) is 19.6. The van der Waals surface area contributed by atoms with Gasteiger partial charge in [0.2, 0.25) is 0 Å². The lowest BCUT2D eigenvalue weighted by atomic mass is 9.92. The van der Waals surface area contributed by atoms with Crippen LogP contribution in [-0.2, 0) is 9.53 Å². The fourth-order valence-electron chi connectivity index (χ4n) is 4.14. The summed E-state index contributed by atoms with van der Waals surface area (Å²) in [6.45, 7) is 8.29. The Morgan fingerprint density at radius 1 is 1.09 bits per heavy atom. The van der Waals surface area contributed by atoms with Crippen LogP contribution in [-0.4, -0.2) is 32.2 Å². The topological polar surface area (TPSA) is 70.7 Å². The average molecular weight is 438 g/mol. The minimum Gasteiger partial charge on any atom is -0.469 e. The summed E-state index contributed by atoms with van der Waals surface area (Å²) in [5, 5.41) is 5.98. The van der Waals surface area contributed by atoms with Crippen LogP contribution in [0, 0.1) is 12.8 Å². The van der Waals surface area contributed by atoms with Crippen molar-refractivity contribution in [3.05, 3.63) is 53.6 Å². The summed E-state index contributed by atoms with van der Waals surface area (Å²) in [4.78, 5) is 27.0. The molecule has 6 nitrogen and oxygen atoms in total. The Labute approximate surface area is 191 Å². The number of methoxy groups -OCH3 is 1. The van der Waals surface area contributed by atoms with E-state index in [0.717, 1.165) is 66.5 Å². The second-order valence-electron chi connectivity index (χ2n) is 8.78. The van der Waals surface area contributed by atoms with Gasteiger partial charge in [-0.05, 0) is 67.9 Å². The minimum atomic E-state index is -0.279. The first-order valence-corrected chi connectivity index (χ1v) is 11.5. The third kappa shape index (κ3) is 6.25. The largest absolute Gasteiger partial charge is 0.469 e. The Kier molecular flexibility index (Phi) is 8.14. The van der Waals surface area contributed by atoms with Crippen LogP contribution < -0.4 is 15.5 Å². The molecule has 1 heterocycles. The maximum absolute atomic E-state index is 12.8. The van der Waals surface area contributed by atoms with E-state index in [4.69, 9.17) is 4.74 Å². The van der Waals surface area contributed by atoms with Gasteiger partial charge in [-0.25, -0.2) is 4.79 Å². The monoisotopic (exact) mass is 437 g/mol. The summed E-state index contributed by atoms with van der Waals surface area (Å²) < 4.78 is 4.88. The molecule has 3 rings (SSSR count). The van der Waals surface area contributed by atoms with E-state index in [-0.39, 0.29) is 17.9 Å². The number of carbonyl (C=O) groups is 2. The highest BCUT2D eigenvalue weighted by molar-refractivity contribution is 6.02. The third-order valence-electron chi connectivity index (χ3n) is 6.31. The van der Waals surface area contributed by atoms with Crippen LogP contribution in [0.5, 0.6) is 0 Å². The molecule has 32 heavy (non-hydrogen) atoms. The zero-order chi connectivity index (χ0) is 23.1. The fraction of sp³-hybridized carbons (Fsp3) is 0.462. The quantitative estimate of drug-likeness (QED) is 0.527. The van der Waals surface area contributed by atoms with Crippen molar-refractivity contribution in [3.8, 4) is 0 Å². The number of hydrogen-bond acceptors (Lipinski definition) is 4. The summed E-state index contributed by atoms with van der Waals surface area (Å²) in [5.74, 6) is 0.535. The van der Waals surface area contributed by atoms with Crippen LogP contribution in [0.3, 0.4) is 0 Å². The molecule has 0 radical (unpaired) electrons. The fourth-order valence-corrected chi connectivity index (χ4v) is 4.14. The van der Waals surface area contributed by atoms with Crippen molar-refractivity contribution in [2.45, 2.75) is 52.4 Å². The van der Waals surface area contributed by atoms with Crippen molar-refractivity contribution in [1.82, 2.24) is 0 Å². The van der Waals surface area contributed by atoms with Gasteiger partial charge in [0.15, 0.2) is 0 Å². The van der Waals surface area contributed by atoms with E-state index in [1.807, 2.05) is 37.3 Å². The number of amides is 2. The lowest BCUT2D eigenvalue weighted by Gasteiger charge is -2.34. The van der Waals surface area contributed by atoms with Crippen LogP contribution >= 0.6 is 0 Å². The number of anilines is 3. The number of piperidine rings is 1. The van der Waals surface area contributed by atoms with Crippen molar-refractivity contribution in [3.63, 3.8) is 0 Å². The maximum atomic E-state index is 12.8. The van der Waals surface area contributed by atoms with Crippen molar-refractivity contribution < 1.29 is 14.3 Å². The molecule has 0 spiro atoms. The Balaban J connectivity index is 1.85. The third-order valence-corrected chi connectivity index (χ3v) is 6.31. The van der Waals surface area contributed by atoms with Gasteiger partial charge in [-0.3, -0.25) is 4.79 Å². The van der Waals surface area contributed by atoms with Gasteiger partial charge in [0.25, 0.3) is 0 Å². The summed E-state index contributed by atoms with van der Waals surface area (Å²) in [6.07, 6.45) is 3.40. The predicted molar refractivity (Wildman–Crippen MR) is 131 cm³/mol. The standard InChI is InChI=1S/C26H35N3O3/c1-5-20(17-25(30)32-4)21-8-11-24(29-14-12-19(3)13-15-29)23(16-21)28-26(31)27-22-9-6-18(2)7-10-22/h6-11,16,19-20H,5,12-15,17H2,1-4H3,(H2,27,28,31). The number of benzene rings is 2. The molecule has 172 valence electrons. The highest BCUT2D eigenvalue weighted by atomic mass is 16.5. The summed E-state index contributed by atoms with van der Waals surface area (Å²) in [6, 6.07) is 13.6. The molecule has 1 fully saturated rings.